The minimum absolute atomic E-state index is 0.0503. The Morgan fingerprint density at radius 3 is 2.48 bits per heavy atom. The summed E-state index contributed by atoms with van der Waals surface area (Å²) in [6.45, 7) is 6.93. The molecule has 5 nitrogen and oxygen atoms in total. The van der Waals surface area contributed by atoms with Gasteiger partial charge in [0.15, 0.2) is 5.76 Å². The molecule has 0 aliphatic rings. The summed E-state index contributed by atoms with van der Waals surface area (Å²) >= 11 is 0. The smallest absolute Gasteiger partial charge is 0.251 e. The molecule has 0 unspecified atom stereocenters. The van der Waals surface area contributed by atoms with Gasteiger partial charge in [-0.25, -0.2) is 0 Å². The minimum Gasteiger partial charge on any atom is -0.453 e. The largest absolute Gasteiger partial charge is 0.453 e. The highest BCUT2D eigenvalue weighted by Crippen LogP contribution is 2.26. The van der Waals surface area contributed by atoms with E-state index in [1.165, 1.54) is 0 Å². The number of furan rings is 1. The predicted octanol–water partition coefficient (Wildman–Crippen LogP) is 2.95. The molecule has 0 atom stereocenters. The van der Waals surface area contributed by atoms with E-state index in [0.29, 0.717) is 23.5 Å². The van der Waals surface area contributed by atoms with Crippen molar-refractivity contribution in [3.05, 3.63) is 35.6 Å². The Morgan fingerprint density at radius 1 is 1.17 bits per heavy atom. The molecule has 124 valence electrons. The van der Waals surface area contributed by atoms with Gasteiger partial charge in [0.05, 0.1) is 0 Å². The molecule has 2 rings (SSSR count). The van der Waals surface area contributed by atoms with Crippen molar-refractivity contribution in [2.24, 2.45) is 5.41 Å². The highest BCUT2D eigenvalue weighted by Gasteiger charge is 2.26. The van der Waals surface area contributed by atoms with E-state index < -0.39 is 5.41 Å². The molecule has 0 radical (unpaired) electrons. The predicted molar refractivity (Wildman–Crippen MR) is 90.9 cm³/mol. The molecule has 5 heteroatoms. The molecule has 0 aliphatic carbocycles. The van der Waals surface area contributed by atoms with Crippen LogP contribution in [0.15, 0.2) is 28.7 Å². The number of rotatable bonds is 5. The first-order valence-corrected chi connectivity index (χ1v) is 7.70. The molecule has 0 aliphatic heterocycles. The summed E-state index contributed by atoms with van der Waals surface area (Å²) in [5, 5.41) is 3.63. The number of amides is 1. The van der Waals surface area contributed by atoms with Gasteiger partial charge in [0, 0.05) is 29.5 Å². The third-order valence-corrected chi connectivity index (χ3v) is 3.53. The summed E-state index contributed by atoms with van der Waals surface area (Å²) in [4.78, 5) is 26.4. The lowest BCUT2D eigenvalue weighted by Gasteiger charge is -2.13. The SMILES string of the molecule is CN(C)CCNC(=O)c1ccc2oc(C(=O)C(C)(C)C)cc2c1. The monoisotopic (exact) mass is 316 g/mol. The zero-order valence-corrected chi connectivity index (χ0v) is 14.4. The number of carbonyl (C=O) groups excluding carboxylic acids is 2. The van der Waals surface area contributed by atoms with E-state index in [0.717, 1.165) is 11.9 Å². The maximum atomic E-state index is 12.3. The van der Waals surface area contributed by atoms with Crippen LogP contribution in [0, 0.1) is 5.41 Å². The van der Waals surface area contributed by atoms with Crippen LogP contribution >= 0.6 is 0 Å². The van der Waals surface area contributed by atoms with Crippen molar-refractivity contribution in [1.82, 2.24) is 10.2 Å². The van der Waals surface area contributed by atoms with Gasteiger partial charge in [-0.1, -0.05) is 20.8 Å². The fourth-order valence-electron chi connectivity index (χ4n) is 2.16. The lowest BCUT2D eigenvalue weighted by molar-refractivity contribution is 0.0830. The zero-order valence-electron chi connectivity index (χ0n) is 14.4. The minimum atomic E-state index is -0.500. The van der Waals surface area contributed by atoms with E-state index in [4.69, 9.17) is 4.42 Å². The summed E-state index contributed by atoms with van der Waals surface area (Å²) in [6, 6.07) is 6.90. The van der Waals surface area contributed by atoms with Crippen molar-refractivity contribution in [2.45, 2.75) is 20.8 Å². The Balaban J connectivity index is 2.19. The van der Waals surface area contributed by atoms with Crippen LogP contribution in [0.25, 0.3) is 11.0 Å². The third-order valence-electron chi connectivity index (χ3n) is 3.53. The van der Waals surface area contributed by atoms with E-state index in [1.54, 1.807) is 24.3 Å². The van der Waals surface area contributed by atoms with Crippen molar-refractivity contribution < 1.29 is 14.0 Å². The number of hydrogen-bond acceptors (Lipinski definition) is 4. The first-order chi connectivity index (χ1) is 10.7. The molecule has 0 saturated carbocycles. The number of nitrogens with zero attached hydrogens (tertiary/aromatic N) is 1. The molecule has 1 aromatic heterocycles. The number of fused-ring (bicyclic) bond motifs is 1. The number of Topliss-reactive ketones (excluding diaryl/α,β-unsaturated/α-hetero) is 1. The van der Waals surface area contributed by atoms with Crippen molar-refractivity contribution in [3.8, 4) is 0 Å². The highest BCUT2D eigenvalue weighted by atomic mass is 16.3. The second-order valence-electron chi connectivity index (χ2n) is 7.00. The van der Waals surface area contributed by atoms with Gasteiger partial charge < -0.3 is 14.6 Å². The summed E-state index contributed by atoms with van der Waals surface area (Å²) in [7, 11) is 3.91. The van der Waals surface area contributed by atoms with Crippen LogP contribution in [0.5, 0.6) is 0 Å². The third kappa shape index (κ3) is 4.20. The zero-order chi connectivity index (χ0) is 17.2. The molecular formula is C18H24N2O3. The van der Waals surface area contributed by atoms with Gasteiger partial charge in [-0.15, -0.1) is 0 Å². The van der Waals surface area contributed by atoms with E-state index in [-0.39, 0.29) is 11.7 Å². The number of benzene rings is 1. The first kappa shape index (κ1) is 17.2. The van der Waals surface area contributed by atoms with E-state index in [1.807, 2.05) is 39.8 Å². The van der Waals surface area contributed by atoms with Crippen LogP contribution in [0.3, 0.4) is 0 Å². The van der Waals surface area contributed by atoms with Crippen LogP contribution in [-0.4, -0.2) is 43.8 Å². The number of nitrogens with one attached hydrogen (secondary N) is 1. The average Bonchev–Trinajstić information content (AvgIpc) is 2.87. The van der Waals surface area contributed by atoms with Gasteiger partial charge >= 0.3 is 0 Å². The van der Waals surface area contributed by atoms with Gasteiger partial charge in [-0.05, 0) is 38.4 Å². The number of carbonyl (C=O) groups is 2. The van der Waals surface area contributed by atoms with E-state index in [2.05, 4.69) is 5.32 Å². The van der Waals surface area contributed by atoms with Crippen molar-refractivity contribution >= 4 is 22.7 Å². The van der Waals surface area contributed by atoms with Crippen LogP contribution in [0.2, 0.25) is 0 Å². The Kier molecular flexibility index (Phi) is 4.90. The van der Waals surface area contributed by atoms with Crippen LogP contribution in [0.1, 0.15) is 41.7 Å². The van der Waals surface area contributed by atoms with Crippen LogP contribution in [-0.2, 0) is 0 Å². The molecule has 0 spiro atoms. The molecule has 0 bridgehead atoms. The standard InChI is InChI=1S/C18H24N2O3/c1-18(2,3)16(21)15-11-13-10-12(6-7-14(13)23-15)17(22)19-8-9-20(4)5/h6-7,10-11H,8-9H2,1-5H3,(H,19,22). The fraction of sp³-hybridized carbons (Fsp3) is 0.444. The van der Waals surface area contributed by atoms with Crippen LogP contribution in [0.4, 0.5) is 0 Å². The van der Waals surface area contributed by atoms with Gasteiger partial charge in [0.25, 0.3) is 5.91 Å². The van der Waals surface area contributed by atoms with Gasteiger partial charge in [-0.3, -0.25) is 9.59 Å². The first-order valence-electron chi connectivity index (χ1n) is 7.70. The molecule has 0 saturated heterocycles. The average molecular weight is 316 g/mol. The van der Waals surface area contributed by atoms with Crippen molar-refractivity contribution in [1.29, 1.82) is 0 Å². The second kappa shape index (κ2) is 6.54. The Hall–Kier alpha value is -2.14. The fourth-order valence-corrected chi connectivity index (χ4v) is 2.16. The van der Waals surface area contributed by atoms with E-state index in [9.17, 15) is 9.59 Å². The maximum absolute atomic E-state index is 12.3. The Labute approximate surface area is 136 Å². The molecule has 1 amide bonds. The summed E-state index contributed by atoms with van der Waals surface area (Å²) in [5.41, 5.74) is 0.675. The number of hydrogen-bond donors (Lipinski definition) is 1. The topological polar surface area (TPSA) is 62.6 Å². The molecule has 0 fully saturated rings. The van der Waals surface area contributed by atoms with Gasteiger partial charge in [-0.2, -0.15) is 0 Å². The Bertz CT molecular complexity index is 723. The molecule has 2 aromatic rings. The quantitative estimate of drug-likeness (QED) is 0.862. The maximum Gasteiger partial charge on any atom is 0.251 e. The lowest BCUT2D eigenvalue weighted by Crippen LogP contribution is -2.31. The van der Waals surface area contributed by atoms with E-state index >= 15 is 0 Å². The Morgan fingerprint density at radius 2 is 1.87 bits per heavy atom. The lowest BCUT2D eigenvalue weighted by atomic mass is 9.89. The highest BCUT2D eigenvalue weighted by molar-refractivity contribution is 6.02. The number of likely N-dealkylation sites (N-methyl/N-ethyl adjacent to an activating group) is 1. The molecular weight excluding hydrogens is 292 g/mol. The summed E-state index contributed by atoms with van der Waals surface area (Å²) in [6.07, 6.45) is 0. The summed E-state index contributed by atoms with van der Waals surface area (Å²) in [5.74, 6) is 0.155. The summed E-state index contributed by atoms with van der Waals surface area (Å²) < 4.78 is 5.62. The normalized spacial score (nSPS) is 11.9. The van der Waals surface area contributed by atoms with Gasteiger partial charge in [0.1, 0.15) is 5.58 Å². The van der Waals surface area contributed by atoms with Crippen molar-refractivity contribution in [2.75, 3.05) is 27.2 Å². The molecule has 1 aromatic carbocycles. The second-order valence-corrected chi connectivity index (χ2v) is 7.00. The van der Waals surface area contributed by atoms with Gasteiger partial charge in [0.2, 0.25) is 5.78 Å². The molecule has 1 heterocycles. The molecule has 1 N–H and O–H groups in total. The molecule has 23 heavy (non-hydrogen) atoms. The van der Waals surface area contributed by atoms with Crippen LogP contribution < -0.4 is 5.32 Å². The number of ketones is 1. The van der Waals surface area contributed by atoms with Crippen molar-refractivity contribution in [3.63, 3.8) is 0 Å².